The highest BCUT2D eigenvalue weighted by Crippen LogP contribution is 2.57. The summed E-state index contributed by atoms with van der Waals surface area (Å²) in [7, 11) is -4.23. The second-order valence-electron chi connectivity index (χ2n) is 4.89. The number of rotatable bonds is 1. The van der Waals surface area contributed by atoms with Gasteiger partial charge in [-0.2, -0.15) is 0 Å². The first-order chi connectivity index (χ1) is 9.07. The molecule has 2 N–H and O–H groups in total. The van der Waals surface area contributed by atoms with E-state index in [4.69, 9.17) is 0 Å². The zero-order valence-corrected chi connectivity index (χ0v) is 11.3. The topological polar surface area (TPSA) is 57.5 Å². The maximum absolute atomic E-state index is 12.0. The summed E-state index contributed by atoms with van der Waals surface area (Å²) in [5.74, 6) is 0. The molecule has 0 amide bonds. The van der Waals surface area contributed by atoms with Crippen LogP contribution in [-0.4, -0.2) is 9.79 Å². The van der Waals surface area contributed by atoms with Gasteiger partial charge in [0.05, 0.1) is 0 Å². The summed E-state index contributed by atoms with van der Waals surface area (Å²) in [4.78, 5) is 19.5. The quantitative estimate of drug-likeness (QED) is 0.786. The molecule has 4 heteroatoms. The van der Waals surface area contributed by atoms with E-state index in [0.717, 1.165) is 35.1 Å². The Hall–Kier alpha value is -1.41. The Kier molecular flexibility index (Phi) is 3.06. The molecule has 98 valence electrons. The molecular formula is C15H15O3P. The van der Waals surface area contributed by atoms with Crippen molar-refractivity contribution in [1.82, 2.24) is 0 Å². The maximum atomic E-state index is 12.0. The van der Waals surface area contributed by atoms with Gasteiger partial charge in [-0.3, -0.25) is 4.57 Å². The second kappa shape index (κ2) is 4.61. The van der Waals surface area contributed by atoms with Crippen molar-refractivity contribution in [1.29, 1.82) is 0 Å². The molecule has 3 nitrogen and oxygen atoms in total. The molecule has 0 spiro atoms. The van der Waals surface area contributed by atoms with Crippen molar-refractivity contribution in [2.24, 2.45) is 0 Å². The minimum atomic E-state index is -4.23. The number of hydrogen-bond acceptors (Lipinski definition) is 1. The predicted octanol–water partition coefficient (Wildman–Crippen LogP) is 3.05. The molecule has 0 saturated carbocycles. The van der Waals surface area contributed by atoms with Gasteiger partial charge in [-0.05, 0) is 35.1 Å². The third-order valence-electron chi connectivity index (χ3n) is 3.70. The number of hydrogen-bond donors (Lipinski definition) is 2. The van der Waals surface area contributed by atoms with Crippen molar-refractivity contribution in [2.45, 2.75) is 18.5 Å². The van der Waals surface area contributed by atoms with E-state index in [-0.39, 0.29) is 0 Å². The number of benzene rings is 2. The second-order valence-corrected chi connectivity index (χ2v) is 6.58. The predicted molar refractivity (Wildman–Crippen MR) is 74.2 cm³/mol. The Balaban J connectivity index is 2.28. The monoisotopic (exact) mass is 274 g/mol. The van der Waals surface area contributed by atoms with Gasteiger partial charge in [0.2, 0.25) is 0 Å². The summed E-state index contributed by atoms with van der Waals surface area (Å²) >= 11 is 0. The molecule has 0 fully saturated rings. The third-order valence-corrected chi connectivity index (χ3v) is 4.93. The highest BCUT2D eigenvalue weighted by atomic mass is 31.2. The summed E-state index contributed by atoms with van der Waals surface area (Å²) in [6.07, 6.45) is 1.65. The molecule has 2 aromatic carbocycles. The lowest BCUT2D eigenvalue weighted by atomic mass is 10.00. The third kappa shape index (κ3) is 2.25. The van der Waals surface area contributed by atoms with Gasteiger partial charge in [-0.25, -0.2) is 0 Å². The maximum Gasteiger partial charge on any atom is 0.337 e. The first-order valence-electron chi connectivity index (χ1n) is 6.28. The van der Waals surface area contributed by atoms with Gasteiger partial charge in [0, 0.05) is 0 Å². The largest absolute Gasteiger partial charge is 0.337 e. The molecule has 0 radical (unpaired) electrons. The Bertz CT molecular complexity index is 612. The van der Waals surface area contributed by atoms with Crippen molar-refractivity contribution >= 4 is 7.60 Å². The molecule has 0 aliphatic heterocycles. The van der Waals surface area contributed by atoms with Crippen LogP contribution >= 0.6 is 7.60 Å². The van der Waals surface area contributed by atoms with Crippen LogP contribution < -0.4 is 0 Å². The fourth-order valence-electron chi connectivity index (χ4n) is 2.86. The van der Waals surface area contributed by atoms with Crippen molar-refractivity contribution in [3.05, 3.63) is 70.8 Å². The van der Waals surface area contributed by atoms with Gasteiger partial charge in [0.15, 0.2) is 0 Å². The average molecular weight is 274 g/mol. The highest BCUT2D eigenvalue weighted by molar-refractivity contribution is 7.52. The molecule has 0 aromatic heterocycles. The van der Waals surface area contributed by atoms with Crippen LogP contribution in [0.5, 0.6) is 0 Å². The summed E-state index contributed by atoms with van der Waals surface area (Å²) in [6.45, 7) is 0. The normalized spacial score (nSPS) is 15.5. The van der Waals surface area contributed by atoms with Crippen LogP contribution in [0.1, 0.15) is 27.9 Å². The minimum absolute atomic E-state index is 0.765. The van der Waals surface area contributed by atoms with Crippen LogP contribution in [0.4, 0.5) is 0 Å². The van der Waals surface area contributed by atoms with Gasteiger partial charge < -0.3 is 9.79 Å². The first kappa shape index (κ1) is 12.6. The Morgan fingerprint density at radius 2 is 1.26 bits per heavy atom. The van der Waals surface area contributed by atoms with Gasteiger partial charge in [0.1, 0.15) is 5.66 Å². The van der Waals surface area contributed by atoms with Crippen LogP contribution in [0.15, 0.2) is 48.5 Å². The zero-order valence-electron chi connectivity index (χ0n) is 10.4. The van der Waals surface area contributed by atoms with Gasteiger partial charge in [-0.1, -0.05) is 48.5 Å². The van der Waals surface area contributed by atoms with Crippen molar-refractivity contribution in [3.63, 3.8) is 0 Å². The van der Waals surface area contributed by atoms with Crippen LogP contribution in [-0.2, 0) is 17.4 Å². The lowest BCUT2D eigenvalue weighted by molar-refractivity contribution is 0.364. The molecule has 0 saturated heterocycles. The van der Waals surface area contributed by atoms with Crippen LogP contribution in [0.25, 0.3) is 0 Å². The number of aryl methyl sites for hydroxylation is 2. The average Bonchev–Trinajstić information content (AvgIpc) is 2.54. The molecule has 1 aliphatic carbocycles. The van der Waals surface area contributed by atoms with E-state index in [2.05, 4.69) is 0 Å². The molecule has 3 rings (SSSR count). The number of fused-ring (bicyclic) bond motifs is 2. The zero-order chi connectivity index (χ0) is 13.5. The van der Waals surface area contributed by atoms with Gasteiger partial charge in [0.25, 0.3) is 0 Å². The molecule has 2 aromatic rings. The lowest BCUT2D eigenvalue weighted by Gasteiger charge is -2.21. The molecule has 0 atom stereocenters. The summed E-state index contributed by atoms with van der Waals surface area (Å²) in [6, 6.07) is 15.1. The molecule has 0 unspecified atom stereocenters. The van der Waals surface area contributed by atoms with Gasteiger partial charge >= 0.3 is 7.60 Å². The highest BCUT2D eigenvalue weighted by Gasteiger charge is 2.36. The van der Waals surface area contributed by atoms with E-state index in [1.165, 1.54) is 0 Å². The molecule has 0 bridgehead atoms. The van der Waals surface area contributed by atoms with E-state index < -0.39 is 13.3 Å². The molecule has 0 heterocycles. The van der Waals surface area contributed by atoms with E-state index >= 15 is 0 Å². The van der Waals surface area contributed by atoms with Crippen LogP contribution in [0, 0.1) is 0 Å². The van der Waals surface area contributed by atoms with Crippen molar-refractivity contribution < 1.29 is 14.4 Å². The van der Waals surface area contributed by atoms with Crippen LogP contribution in [0.2, 0.25) is 0 Å². The van der Waals surface area contributed by atoms with Crippen molar-refractivity contribution in [3.8, 4) is 0 Å². The van der Waals surface area contributed by atoms with E-state index in [0.29, 0.717) is 0 Å². The van der Waals surface area contributed by atoms with Gasteiger partial charge in [-0.15, -0.1) is 0 Å². The molecule has 1 aliphatic rings. The first-order valence-corrected chi connectivity index (χ1v) is 7.96. The van der Waals surface area contributed by atoms with E-state index in [1.807, 2.05) is 48.5 Å². The summed E-state index contributed by atoms with van der Waals surface area (Å²) < 4.78 is 12.0. The Morgan fingerprint density at radius 1 is 0.842 bits per heavy atom. The fraction of sp³-hybridized carbons (Fsp3) is 0.200. The lowest BCUT2D eigenvalue weighted by Crippen LogP contribution is -2.04. The fourth-order valence-corrected chi connectivity index (χ4v) is 4.08. The Morgan fingerprint density at radius 3 is 1.68 bits per heavy atom. The SMILES string of the molecule is O=P(O)(O)C1c2ccccc2CCc2ccccc21. The Labute approximate surface area is 112 Å². The minimum Gasteiger partial charge on any atom is -0.324 e. The van der Waals surface area contributed by atoms with E-state index in [9.17, 15) is 14.4 Å². The molecular weight excluding hydrogens is 259 g/mol. The smallest absolute Gasteiger partial charge is 0.324 e. The molecule has 19 heavy (non-hydrogen) atoms. The standard InChI is InChI=1S/C15H15O3P/c16-19(17,18)15-13-7-3-1-5-11(13)9-10-12-6-2-4-8-14(12)15/h1-8,15H,9-10H2,(H2,16,17,18). The van der Waals surface area contributed by atoms with E-state index in [1.54, 1.807) is 0 Å². The summed E-state index contributed by atoms with van der Waals surface area (Å²) in [5, 5.41) is 0. The van der Waals surface area contributed by atoms with Crippen molar-refractivity contribution in [2.75, 3.05) is 0 Å². The summed E-state index contributed by atoms with van der Waals surface area (Å²) in [5.41, 5.74) is 2.77. The van der Waals surface area contributed by atoms with Crippen LogP contribution in [0.3, 0.4) is 0 Å².